The highest BCUT2D eigenvalue weighted by atomic mass is 32.2. The number of aliphatic carboxylic acids is 1. The third kappa shape index (κ3) is 3.77. The molecule has 2 aliphatic heterocycles. The highest BCUT2D eigenvalue weighted by molar-refractivity contribution is 8.01. The number of H-pyrrole nitrogens is 1. The minimum atomic E-state index is -2.19. The number of aromatic nitrogens is 2. The van der Waals surface area contributed by atoms with Crippen LogP contribution in [0.5, 0.6) is 5.75 Å². The third-order valence-corrected chi connectivity index (χ3v) is 8.41. The minimum Gasteiger partial charge on any atom is -0.508 e. The number of phenols is 1. The second-order valence-corrected chi connectivity index (χ2v) is 11.3. The Labute approximate surface area is 219 Å². The van der Waals surface area contributed by atoms with E-state index in [-0.39, 0.29) is 23.3 Å². The van der Waals surface area contributed by atoms with Gasteiger partial charge in [0.25, 0.3) is 11.8 Å². The van der Waals surface area contributed by atoms with Gasteiger partial charge in [0.05, 0.1) is 16.7 Å². The molecule has 0 unspecified atom stereocenters. The van der Waals surface area contributed by atoms with Gasteiger partial charge in [-0.25, -0.2) is 4.79 Å². The maximum Gasteiger partial charge on any atom is 0.352 e. The molecule has 0 aliphatic carbocycles. The van der Waals surface area contributed by atoms with Crippen molar-refractivity contribution in [3.05, 3.63) is 70.1 Å². The monoisotopic (exact) mass is 537 g/mol. The summed E-state index contributed by atoms with van der Waals surface area (Å²) < 4.78 is -1.24. The number of pyridine rings is 2. The van der Waals surface area contributed by atoms with E-state index in [9.17, 15) is 34.2 Å². The maximum atomic E-state index is 13.3. The zero-order valence-corrected chi connectivity index (χ0v) is 21.0. The van der Waals surface area contributed by atoms with Crippen molar-refractivity contribution in [3.8, 4) is 5.75 Å². The van der Waals surface area contributed by atoms with E-state index >= 15 is 0 Å². The molecule has 13 heteroatoms. The maximum absolute atomic E-state index is 13.3. The van der Waals surface area contributed by atoms with Crippen LogP contribution in [0.15, 0.2) is 53.6 Å². The number of carbonyl (C=O) groups excluding carboxylic acids is 3. The number of hydrogen-bond donors (Lipinski definition) is 5. The Hall–Kier alpha value is -4.39. The number of fused-ring (bicyclic) bond motifs is 2. The standard InChI is InChI=1S/C25H23N5O7S/c1-24(2)25(23(36)37,29-20(34)14-11-27-15-4-3-9-26-17(15)19(14)33)30-21(35)18(22(30)38-24)28-16(32)10-12-5-7-13(31)8-6-12/h3-9,11,18,22,31H,10H2,1-2H3,(H,27,33)(H,28,32)(H,29,34)(H,36,37)/t18-,22-,25+/m1/s1. The molecule has 3 atom stereocenters. The summed E-state index contributed by atoms with van der Waals surface area (Å²) in [7, 11) is 0. The Morgan fingerprint density at radius 3 is 2.55 bits per heavy atom. The summed E-state index contributed by atoms with van der Waals surface area (Å²) in [4.78, 5) is 72.6. The number of aromatic amines is 1. The summed E-state index contributed by atoms with van der Waals surface area (Å²) >= 11 is 1.12. The van der Waals surface area contributed by atoms with Crippen molar-refractivity contribution >= 4 is 46.5 Å². The number of aromatic hydroxyl groups is 1. The normalized spacial score (nSPS) is 23.4. The first-order valence-corrected chi connectivity index (χ1v) is 12.4. The van der Waals surface area contributed by atoms with Crippen molar-refractivity contribution in [1.29, 1.82) is 0 Å². The lowest BCUT2D eigenvalue weighted by Crippen LogP contribution is -2.80. The van der Waals surface area contributed by atoms with E-state index in [0.717, 1.165) is 16.7 Å². The van der Waals surface area contributed by atoms with Crippen LogP contribution in [-0.4, -0.2) is 70.6 Å². The predicted octanol–water partition coefficient (Wildman–Crippen LogP) is 0.561. The van der Waals surface area contributed by atoms with E-state index in [1.807, 2.05) is 0 Å². The van der Waals surface area contributed by atoms with Crippen LogP contribution >= 0.6 is 11.8 Å². The van der Waals surface area contributed by atoms with E-state index in [1.165, 1.54) is 24.5 Å². The number of benzene rings is 1. The van der Waals surface area contributed by atoms with Crippen LogP contribution in [0.3, 0.4) is 0 Å². The molecule has 196 valence electrons. The number of amides is 3. The number of hydrogen-bond acceptors (Lipinski definition) is 8. The van der Waals surface area contributed by atoms with Crippen molar-refractivity contribution in [2.45, 2.75) is 42.1 Å². The molecule has 38 heavy (non-hydrogen) atoms. The fourth-order valence-corrected chi connectivity index (χ4v) is 6.54. The average molecular weight is 538 g/mol. The molecular formula is C25H23N5O7S. The van der Waals surface area contributed by atoms with Crippen molar-refractivity contribution in [3.63, 3.8) is 0 Å². The molecule has 3 aromatic rings. The van der Waals surface area contributed by atoms with Crippen molar-refractivity contribution in [1.82, 2.24) is 25.5 Å². The summed E-state index contributed by atoms with van der Waals surface area (Å²) in [6, 6.07) is 8.25. The van der Waals surface area contributed by atoms with Crippen LogP contribution in [0.25, 0.3) is 11.0 Å². The largest absolute Gasteiger partial charge is 0.508 e. The molecular weight excluding hydrogens is 514 g/mol. The molecule has 2 aromatic heterocycles. The minimum absolute atomic E-state index is 0.0129. The number of phenolic OH excluding ortho intramolecular Hbond substituents is 1. The van der Waals surface area contributed by atoms with E-state index in [4.69, 9.17) is 0 Å². The van der Waals surface area contributed by atoms with Crippen molar-refractivity contribution in [2.24, 2.45) is 0 Å². The van der Waals surface area contributed by atoms with Gasteiger partial charge in [-0.15, -0.1) is 11.8 Å². The molecule has 5 N–H and O–H groups in total. The molecule has 4 heterocycles. The van der Waals surface area contributed by atoms with Gasteiger partial charge in [-0.1, -0.05) is 12.1 Å². The molecule has 2 fully saturated rings. The van der Waals surface area contributed by atoms with Crippen LogP contribution in [0, 0.1) is 0 Å². The first kappa shape index (κ1) is 25.3. The van der Waals surface area contributed by atoms with Gasteiger partial charge < -0.3 is 25.8 Å². The zero-order valence-electron chi connectivity index (χ0n) is 20.2. The molecule has 2 aliphatic rings. The van der Waals surface area contributed by atoms with Gasteiger partial charge in [-0.3, -0.25) is 29.1 Å². The number of β-lactam (4-membered cyclic amide) rings is 1. The topological polar surface area (TPSA) is 182 Å². The Morgan fingerprint density at radius 1 is 1.16 bits per heavy atom. The lowest BCUT2D eigenvalue weighted by atomic mass is 9.88. The molecule has 5 rings (SSSR count). The third-order valence-electron chi connectivity index (χ3n) is 6.80. The lowest BCUT2D eigenvalue weighted by molar-refractivity contribution is -0.174. The second kappa shape index (κ2) is 8.87. The van der Waals surface area contributed by atoms with E-state index in [2.05, 4.69) is 20.6 Å². The number of nitrogens with one attached hydrogen (secondary N) is 3. The number of rotatable bonds is 6. The zero-order chi connectivity index (χ0) is 27.4. The van der Waals surface area contributed by atoms with Gasteiger partial charge in [0, 0.05) is 12.4 Å². The Balaban J connectivity index is 1.40. The molecule has 0 saturated carbocycles. The Morgan fingerprint density at radius 2 is 1.87 bits per heavy atom. The fourth-order valence-electron chi connectivity index (χ4n) is 4.85. The van der Waals surface area contributed by atoms with Gasteiger partial charge in [0.1, 0.15) is 28.2 Å². The van der Waals surface area contributed by atoms with Crippen LogP contribution in [-0.2, 0) is 20.8 Å². The molecule has 0 radical (unpaired) electrons. The quantitative estimate of drug-likeness (QED) is 0.281. The number of nitrogens with zero attached hydrogens (tertiary/aromatic N) is 2. The van der Waals surface area contributed by atoms with Gasteiger partial charge in [-0.05, 0) is 43.7 Å². The summed E-state index contributed by atoms with van der Waals surface area (Å²) in [5.41, 5.74) is -2.20. The average Bonchev–Trinajstić information content (AvgIpc) is 3.08. The van der Waals surface area contributed by atoms with Crippen molar-refractivity contribution in [2.75, 3.05) is 0 Å². The first-order valence-electron chi connectivity index (χ1n) is 11.6. The van der Waals surface area contributed by atoms with Gasteiger partial charge >= 0.3 is 5.97 Å². The number of carbonyl (C=O) groups is 4. The molecule has 1 aromatic carbocycles. The molecule has 12 nitrogen and oxygen atoms in total. The smallest absolute Gasteiger partial charge is 0.352 e. The number of carboxylic acids is 1. The highest BCUT2D eigenvalue weighted by Crippen LogP contribution is 2.55. The van der Waals surface area contributed by atoms with Crippen LogP contribution < -0.4 is 16.1 Å². The first-order chi connectivity index (χ1) is 18.0. The summed E-state index contributed by atoms with van der Waals surface area (Å²) in [6.45, 7) is 3.14. The van der Waals surface area contributed by atoms with E-state index < -0.39 is 50.9 Å². The molecule has 3 amide bonds. The molecule has 0 bridgehead atoms. The predicted molar refractivity (Wildman–Crippen MR) is 136 cm³/mol. The summed E-state index contributed by atoms with van der Waals surface area (Å²) in [5.74, 6) is -3.55. The van der Waals surface area contributed by atoms with Gasteiger partial charge in [0.2, 0.25) is 17.0 Å². The number of carboxylic acid groups (broad SMARTS) is 1. The van der Waals surface area contributed by atoms with E-state index in [1.54, 1.807) is 38.1 Å². The Bertz CT molecular complexity index is 1550. The van der Waals surface area contributed by atoms with Gasteiger partial charge in [-0.2, -0.15) is 0 Å². The van der Waals surface area contributed by atoms with Crippen LogP contribution in [0.4, 0.5) is 0 Å². The lowest BCUT2D eigenvalue weighted by Gasteiger charge is -2.49. The van der Waals surface area contributed by atoms with E-state index in [0.29, 0.717) is 11.1 Å². The highest BCUT2D eigenvalue weighted by Gasteiger charge is 2.74. The number of thioether (sulfide) groups is 1. The SMILES string of the molecule is CC1(C)S[C@@H]2[C@H](NC(=O)Cc3ccc(O)cc3)C(=O)N2[C@@]1(NC(=O)c1c[nH]c2cccnc2c1=O)C(=O)O. The van der Waals surface area contributed by atoms with Crippen molar-refractivity contribution < 1.29 is 29.4 Å². The second-order valence-electron chi connectivity index (χ2n) is 9.52. The fraction of sp³-hybridized carbons (Fsp3) is 0.280. The molecule has 0 spiro atoms. The Kier molecular flexibility index (Phi) is 5.90. The van der Waals surface area contributed by atoms with Crippen LogP contribution in [0.2, 0.25) is 0 Å². The van der Waals surface area contributed by atoms with Gasteiger partial charge in [0.15, 0.2) is 0 Å². The van der Waals surface area contributed by atoms with Crippen LogP contribution in [0.1, 0.15) is 29.8 Å². The summed E-state index contributed by atoms with van der Waals surface area (Å²) in [5, 5.41) is 24.1. The summed E-state index contributed by atoms with van der Waals surface area (Å²) in [6.07, 6.45) is 2.52. The molecule has 2 saturated heterocycles.